The van der Waals surface area contributed by atoms with E-state index in [0.717, 1.165) is 21.5 Å². The van der Waals surface area contributed by atoms with Gasteiger partial charge < -0.3 is 5.11 Å². The van der Waals surface area contributed by atoms with Gasteiger partial charge in [0.05, 0.1) is 11.3 Å². The summed E-state index contributed by atoms with van der Waals surface area (Å²) in [4.78, 5) is 20.0. The van der Waals surface area contributed by atoms with E-state index in [1.165, 1.54) is 11.8 Å². The summed E-state index contributed by atoms with van der Waals surface area (Å²) in [5.74, 6) is -0.152. The maximum absolute atomic E-state index is 10.8. The average Bonchev–Trinajstić information content (AvgIpc) is 2.53. The number of para-hydroxylation sites is 1. The van der Waals surface area contributed by atoms with Crippen molar-refractivity contribution in [3.05, 3.63) is 66.0 Å². The Morgan fingerprint density at radius 3 is 2.50 bits per heavy atom. The van der Waals surface area contributed by atoms with Gasteiger partial charge in [0, 0.05) is 11.8 Å². The van der Waals surface area contributed by atoms with Gasteiger partial charge in [0.15, 0.2) is 0 Å². The molecule has 0 atom stereocenters. The zero-order chi connectivity index (χ0) is 15.4. The minimum Gasteiger partial charge on any atom is -0.481 e. The fraction of sp³-hybridized carbons (Fsp3) is 0.118. The summed E-state index contributed by atoms with van der Waals surface area (Å²) < 4.78 is 0. The van der Waals surface area contributed by atoms with E-state index in [9.17, 15) is 4.79 Å². The van der Waals surface area contributed by atoms with Crippen LogP contribution < -0.4 is 0 Å². The lowest BCUT2D eigenvalue weighted by atomic mass is 10.1. The second-order valence-corrected chi connectivity index (χ2v) is 5.77. The number of aliphatic carboxylic acids is 1. The Balaban J connectivity index is 1.98. The number of thioether (sulfide) groups is 1. The molecule has 4 nitrogen and oxygen atoms in total. The molecule has 0 fully saturated rings. The number of benzene rings is 2. The highest BCUT2D eigenvalue weighted by atomic mass is 32.2. The second kappa shape index (κ2) is 6.58. The van der Waals surface area contributed by atoms with Crippen LogP contribution in [0.2, 0.25) is 0 Å². The highest BCUT2D eigenvalue weighted by molar-refractivity contribution is 8.00. The highest BCUT2D eigenvalue weighted by Gasteiger charge is 2.10. The maximum Gasteiger partial charge on any atom is 0.313 e. The molecular weight excluding hydrogens is 296 g/mol. The molecule has 1 heterocycles. The third-order valence-electron chi connectivity index (χ3n) is 3.15. The quantitative estimate of drug-likeness (QED) is 0.578. The van der Waals surface area contributed by atoms with Crippen LogP contribution in [0, 0.1) is 0 Å². The van der Waals surface area contributed by atoms with E-state index in [1.807, 2.05) is 54.6 Å². The predicted octanol–water partition coefficient (Wildman–Crippen LogP) is 3.40. The number of carbonyl (C=O) groups is 1. The molecule has 2 aromatic carbocycles. The largest absolute Gasteiger partial charge is 0.481 e. The third kappa shape index (κ3) is 3.43. The summed E-state index contributed by atoms with van der Waals surface area (Å²) in [5.41, 5.74) is 1.98. The Kier molecular flexibility index (Phi) is 4.34. The number of hydrogen-bond donors (Lipinski definition) is 1. The van der Waals surface area contributed by atoms with Crippen molar-refractivity contribution in [1.82, 2.24) is 9.97 Å². The fourth-order valence-electron chi connectivity index (χ4n) is 2.19. The first-order valence-corrected chi connectivity index (χ1v) is 7.85. The van der Waals surface area contributed by atoms with Crippen LogP contribution in [0.1, 0.15) is 11.4 Å². The zero-order valence-corrected chi connectivity index (χ0v) is 12.6. The lowest BCUT2D eigenvalue weighted by molar-refractivity contribution is -0.133. The van der Waals surface area contributed by atoms with Crippen molar-refractivity contribution < 1.29 is 9.90 Å². The van der Waals surface area contributed by atoms with Gasteiger partial charge in [0.2, 0.25) is 0 Å². The standard InChI is InChI=1S/C17H14N2O2S/c20-16(21)11-22-17-13-8-4-5-9-14(13)18-15(19-17)10-12-6-2-1-3-7-12/h1-9H,10-11H2,(H,20,21). The molecular formula is C17H14N2O2S. The van der Waals surface area contributed by atoms with E-state index in [4.69, 9.17) is 5.11 Å². The third-order valence-corrected chi connectivity index (χ3v) is 4.13. The molecule has 110 valence electrons. The van der Waals surface area contributed by atoms with Gasteiger partial charge >= 0.3 is 5.97 Å². The predicted molar refractivity (Wildman–Crippen MR) is 87.1 cm³/mol. The Labute approximate surface area is 132 Å². The molecule has 0 aliphatic carbocycles. The summed E-state index contributed by atoms with van der Waals surface area (Å²) >= 11 is 1.23. The van der Waals surface area contributed by atoms with Crippen molar-refractivity contribution in [3.63, 3.8) is 0 Å². The smallest absolute Gasteiger partial charge is 0.313 e. The van der Waals surface area contributed by atoms with Crippen molar-refractivity contribution in [2.24, 2.45) is 0 Å². The summed E-state index contributed by atoms with van der Waals surface area (Å²) in [6, 6.07) is 17.7. The van der Waals surface area contributed by atoms with Gasteiger partial charge in [-0.3, -0.25) is 4.79 Å². The molecule has 0 spiro atoms. The van der Waals surface area contributed by atoms with Crippen LogP contribution >= 0.6 is 11.8 Å². The molecule has 0 aliphatic heterocycles. The molecule has 0 saturated heterocycles. The molecule has 22 heavy (non-hydrogen) atoms. The molecule has 5 heteroatoms. The lowest BCUT2D eigenvalue weighted by Crippen LogP contribution is -2.02. The Hall–Kier alpha value is -2.40. The molecule has 3 aromatic rings. The van der Waals surface area contributed by atoms with Crippen molar-refractivity contribution >= 4 is 28.6 Å². The summed E-state index contributed by atoms with van der Waals surface area (Å²) in [6.07, 6.45) is 0.631. The van der Waals surface area contributed by atoms with E-state index in [0.29, 0.717) is 12.2 Å². The van der Waals surface area contributed by atoms with Crippen molar-refractivity contribution in [2.75, 3.05) is 5.75 Å². The second-order valence-electron chi connectivity index (χ2n) is 4.81. The van der Waals surface area contributed by atoms with Crippen LogP contribution in [0.25, 0.3) is 10.9 Å². The zero-order valence-electron chi connectivity index (χ0n) is 11.8. The van der Waals surface area contributed by atoms with Gasteiger partial charge in [0.25, 0.3) is 0 Å². The molecule has 0 amide bonds. The van der Waals surface area contributed by atoms with Crippen LogP contribution in [0.5, 0.6) is 0 Å². The van der Waals surface area contributed by atoms with Gasteiger partial charge in [0.1, 0.15) is 10.9 Å². The van der Waals surface area contributed by atoms with Crippen molar-refractivity contribution in [1.29, 1.82) is 0 Å². The van der Waals surface area contributed by atoms with Crippen molar-refractivity contribution in [3.8, 4) is 0 Å². The minimum atomic E-state index is -0.850. The number of carboxylic acid groups (broad SMARTS) is 1. The summed E-state index contributed by atoms with van der Waals surface area (Å²) in [6.45, 7) is 0. The van der Waals surface area contributed by atoms with Gasteiger partial charge in [-0.1, -0.05) is 60.3 Å². The van der Waals surface area contributed by atoms with Crippen molar-refractivity contribution in [2.45, 2.75) is 11.4 Å². The molecule has 0 radical (unpaired) electrons. The molecule has 1 aromatic heterocycles. The number of rotatable bonds is 5. The van der Waals surface area contributed by atoms with Gasteiger partial charge in [-0.05, 0) is 11.6 Å². The van der Waals surface area contributed by atoms with E-state index in [-0.39, 0.29) is 5.75 Å². The number of aromatic nitrogens is 2. The van der Waals surface area contributed by atoms with Crippen LogP contribution in [0.3, 0.4) is 0 Å². The molecule has 0 saturated carbocycles. The van der Waals surface area contributed by atoms with E-state index in [2.05, 4.69) is 9.97 Å². The van der Waals surface area contributed by atoms with Gasteiger partial charge in [-0.25, -0.2) is 9.97 Å². The topological polar surface area (TPSA) is 63.1 Å². The van der Waals surface area contributed by atoms with Gasteiger partial charge in [-0.15, -0.1) is 0 Å². The molecule has 3 rings (SSSR count). The summed E-state index contributed by atoms with van der Waals surface area (Å²) in [7, 11) is 0. The van der Waals surface area contributed by atoms with E-state index in [1.54, 1.807) is 0 Å². The summed E-state index contributed by atoms with van der Waals surface area (Å²) in [5, 5.41) is 10.5. The lowest BCUT2D eigenvalue weighted by Gasteiger charge is -2.07. The Morgan fingerprint density at radius 1 is 1.00 bits per heavy atom. The number of hydrogen-bond acceptors (Lipinski definition) is 4. The normalized spacial score (nSPS) is 10.7. The number of carboxylic acids is 1. The highest BCUT2D eigenvalue weighted by Crippen LogP contribution is 2.25. The minimum absolute atomic E-state index is 0.00815. The maximum atomic E-state index is 10.8. The molecule has 0 aliphatic rings. The molecule has 0 bridgehead atoms. The van der Waals surface area contributed by atoms with Crippen LogP contribution in [-0.2, 0) is 11.2 Å². The number of fused-ring (bicyclic) bond motifs is 1. The average molecular weight is 310 g/mol. The Bertz CT molecular complexity index is 806. The van der Waals surface area contributed by atoms with Crippen LogP contribution in [-0.4, -0.2) is 26.8 Å². The first kappa shape index (κ1) is 14.5. The first-order valence-electron chi connectivity index (χ1n) is 6.86. The molecule has 1 N–H and O–H groups in total. The first-order chi connectivity index (χ1) is 10.7. The van der Waals surface area contributed by atoms with Gasteiger partial charge in [-0.2, -0.15) is 0 Å². The fourth-order valence-corrected chi connectivity index (χ4v) is 2.95. The number of nitrogens with zero attached hydrogens (tertiary/aromatic N) is 2. The Morgan fingerprint density at radius 2 is 1.73 bits per heavy atom. The van der Waals surface area contributed by atoms with Crippen LogP contribution in [0.4, 0.5) is 0 Å². The molecule has 0 unspecified atom stereocenters. The van der Waals surface area contributed by atoms with Crippen LogP contribution in [0.15, 0.2) is 59.6 Å². The SMILES string of the molecule is O=C(O)CSc1nc(Cc2ccccc2)nc2ccccc12. The van der Waals surface area contributed by atoms with E-state index >= 15 is 0 Å². The monoisotopic (exact) mass is 310 g/mol. The van der Waals surface area contributed by atoms with E-state index < -0.39 is 5.97 Å².